The molecule has 0 N–H and O–H groups in total. The van der Waals surface area contributed by atoms with Crippen LogP contribution in [0, 0.1) is 5.41 Å². The summed E-state index contributed by atoms with van der Waals surface area (Å²) in [6.07, 6.45) is 2.28. The molecule has 1 amide bonds. The first-order valence-corrected chi connectivity index (χ1v) is 5.07. The van der Waals surface area contributed by atoms with Crippen molar-refractivity contribution in [2.45, 2.75) is 53.0 Å². The van der Waals surface area contributed by atoms with Crippen molar-refractivity contribution in [3.63, 3.8) is 0 Å². The fourth-order valence-electron chi connectivity index (χ4n) is 2.25. The predicted molar refractivity (Wildman–Crippen MR) is 54.5 cm³/mol. The Hall–Kier alpha value is -0.530. The van der Waals surface area contributed by atoms with E-state index in [1.165, 1.54) is 0 Å². The van der Waals surface area contributed by atoms with E-state index >= 15 is 0 Å². The zero-order valence-corrected chi connectivity index (χ0v) is 9.48. The highest BCUT2D eigenvalue weighted by Gasteiger charge is 2.46. The van der Waals surface area contributed by atoms with Crippen molar-refractivity contribution < 1.29 is 4.79 Å². The molecule has 0 saturated carbocycles. The van der Waals surface area contributed by atoms with Gasteiger partial charge < -0.3 is 4.90 Å². The molecule has 0 bridgehead atoms. The summed E-state index contributed by atoms with van der Waals surface area (Å²) in [7, 11) is 0. The lowest BCUT2D eigenvalue weighted by Gasteiger charge is -2.45. The highest BCUT2D eigenvalue weighted by molar-refractivity contribution is 5.74. The molecule has 1 fully saturated rings. The summed E-state index contributed by atoms with van der Waals surface area (Å²) in [5.41, 5.74) is 0.230. The van der Waals surface area contributed by atoms with E-state index < -0.39 is 0 Å². The summed E-state index contributed by atoms with van der Waals surface area (Å²) in [5, 5.41) is 0. The topological polar surface area (TPSA) is 20.3 Å². The fraction of sp³-hybridized carbons (Fsp3) is 0.909. The fourth-order valence-corrected chi connectivity index (χ4v) is 2.25. The van der Waals surface area contributed by atoms with Crippen LogP contribution in [0.25, 0.3) is 0 Å². The van der Waals surface area contributed by atoms with Crippen LogP contribution in [0.4, 0.5) is 0 Å². The minimum Gasteiger partial charge on any atom is -0.337 e. The van der Waals surface area contributed by atoms with Crippen LogP contribution in [0.3, 0.4) is 0 Å². The van der Waals surface area contributed by atoms with Gasteiger partial charge in [0, 0.05) is 19.0 Å². The summed E-state index contributed by atoms with van der Waals surface area (Å²) in [5.74, 6) is 0.218. The minimum absolute atomic E-state index is 0.0544. The molecule has 0 aliphatic carbocycles. The molecular formula is C11H21NO. The first kappa shape index (κ1) is 10.6. The molecule has 0 aromatic heterocycles. The Labute approximate surface area is 81.3 Å². The van der Waals surface area contributed by atoms with Crippen molar-refractivity contribution >= 4 is 5.91 Å². The lowest BCUT2D eigenvalue weighted by atomic mass is 9.73. The molecule has 76 valence electrons. The van der Waals surface area contributed by atoms with E-state index in [9.17, 15) is 4.79 Å². The molecule has 1 aliphatic heterocycles. The summed E-state index contributed by atoms with van der Waals surface area (Å²) in [4.78, 5) is 13.5. The van der Waals surface area contributed by atoms with Crippen molar-refractivity contribution in [2.75, 3.05) is 6.54 Å². The highest BCUT2D eigenvalue weighted by atomic mass is 16.2. The number of amides is 1. The van der Waals surface area contributed by atoms with E-state index in [1.54, 1.807) is 6.92 Å². The summed E-state index contributed by atoms with van der Waals surface area (Å²) in [6.45, 7) is 11.5. The third kappa shape index (κ3) is 1.59. The smallest absolute Gasteiger partial charge is 0.219 e. The maximum Gasteiger partial charge on any atom is 0.219 e. The SMILES string of the molecule is CC(=O)N1CCC[C@@]1(C)C(C)(C)C. The van der Waals surface area contributed by atoms with Crippen molar-refractivity contribution in [3.05, 3.63) is 0 Å². The Morgan fingerprint density at radius 1 is 1.38 bits per heavy atom. The van der Waals surface area contributed by atoms with Gasteiger partial charge in [-0.3, -0.25) is 4.79 Å². The Bertz CT molecular complexity index is 217. The van der Waals surface area contributed by atoms with Gasteiger partial charge >= 0.3 is 0 Å². The standard InChI is InChI=1S/C11H21NO/c1-9(13)12-8-6-7-11(12,5)10(2,3)4/h6-8H2,1-5H3/t11-/m0/s1. The second kappa shape index (κ2) is 3.00. The molecule has 0 spiro atoms. The number of hydrogen-bond acceptors (Lipinski definition) is 1. The number of rotatable bonds is 0. The van der Waals surface area contributed by atoms with Crippen molar-refractivity contribution in [2.24, 2.45) is 5.41 Å². The summed E-state index contributed by atoms with van der Waals surface area (Å²) < 4.78 is 0. The van der Waals surface area contributed by atoms with Gasteiger partial charge in [-0.15, -0.1) is 0 Å². The largest absolute Gasteiger partial charge is 0.337 e. The molecule has 1 heterocycles. The Balaban J connectivity index is 2.95. The van der Waals surface area contributed by atoms with Crippen molar-refractivity contribution in [1.29, 1.82) is 0 Å². The van der Waals surface area contributed by atoms with Gasteiger partial charge in [0.1, 0.15) is 0 Å². The summed E-state index contributed by atoms with van der Waals surface area (Å²) in [6, 6.07) is 0. The zero-order valence-electron chi connectivity index (χ0n) is 9.48. The molecule has 1 aliphatic rings. The third-order valence-corrected chi connectivity index (χ3v) is 3.64. The van der Waals surface area contributed by atoms with Crippen LogP contribution in [-0.4, -0.2) is 22.9 Å². The second-order valence-corrected chi connectivity index (χ2v) is 5.30. The minimum atomic E-state index is 0.0544. The van der Waals surface area contributed by atoms with E-state index in [0.29, 0.717) is 0 Å². The van der Waals surface area contributed by atoms with Gasteiger partial charge in [-0.2, -0.15) is 0 Å². The third-order valence-electron chi connectivity index (χ3n) is 3.64. The molecule has 0 aromatic carbocycles. The molecule has 0 unspecified atom stereocenters. The van der Waals surface area contributed by atoms with E-state index in [1.807, 2.05) is 4.90 Å². The van der Waals surface area contributed by atoms with Crippen LogP contribution in [0.15, 0.2) is 0 Å². The van der Waals surface area contributed by atoms with Crippen LogP contribution in [0.1, 0.15) is 47.5 Å². The number of carbonyl (C=O) groups is 1. The molecule has 1 saturated heterocycles. The molecule has 2 nitrogen and oxygen atoms in total. The number of nitrogens with zero attached hydrogens (tertiary/aromatic N) is 1. The van der Waals surface area contributed by atoms with Crippen LogP contribution in [0.2, 0.25) is 0 Å². The van der Waals surface area contributed by atoms with Crippen molar-refractivity contribution in [3.8, 4) is 0 Å². The average molecular weight is 183 g/mol. The Kier molecular flexibility index (Phi) is 2.44. The molecule has 0 aromatic rings. The number of hydrogen-bond donors (Lipinski definition) is 0. The molecule has 13 heavy (non-hydrogen) atoms. The number of carbonyl (C=O) groups excluding carboxylic acids is 1. The van der Waals surface area contributed by atoms with Crippen LogP contribution in [-0.2, 0) is 4.79 Å². The van der Waals surface area contributed by atoms with Crippen molar-refractivity contribution in [1.82, 2.24) is 4.90 Å². The Morgan fingerprint density at radius 3 is 2.23 bits per heavy atom. The second-order valence-electron chi connectivity index (χ2n) is 5.30. The molecule has 1 rings (SSSR count). The monoisotopic (exact) mass is 183 g/mol. The van der Waals surface area contributed by atoms with Gasteiger partial charge in [0.15, 0.2) is 0 Å². The van der Waals surface area contributed by atoms with E-state index in [0.717, 1.165) is 19.4 Å². The predicted octanol–water partition coefficient (Wildman–Crippen LogP) is 2.43. The lowest BCUT2D eigenvalue weighted by molar-refractivity contribution is -0.136. The molecular weight excluding hydrogens is 162 g/mol. The maximum atomic E-state index is 11.4. The number of likely N-dealkylation sites (tertiary alicyclic amines) is 1. The van der Waals surface area contributed by atoms with E-state index in [-0.39, 0.29) is 16.9 Å². The molecule has 1 atom stereocenters. The van der Waals surface area contributed by atoms with Crippen LogP contribution >= 0.6 is 0 Å². The van der Waals surface area contributed by atoms with Gasteiger partial charge in [-0.1, -0.05) is 20.8 Å². The highest BCUT2D eigenvalue weighted by Crippen LogP contribution is 2.43. The van der Waals surface area contributed by atoms with E-state index in [2.05, 4.69) is 27.7 Å². The van der Waals surface area contributed by atoms with Gasteiger partial charge in [-0.25, -0.2) is 0 Å². The van der Waals surface area contributed by atoms with Gasteiger partial charge in [-0.05, 0) is 25.2 Å². The van der Waals surface area contributed by atoms with Gasteiger partial charge in [0.25, 0.3) is 0 Å². The normalized spacial score (nSPS) is 29.5. The van der Waals surface area contributed by atoms with Crippen LogP contribution < -0.4 is 0 Å². The molecule has 2 heteroatoms. The van der Waals surface area contributed by atoms with E-state index in [4.69, 9.17) is 0 Å². The quantitative estimate of drug-likeness (QED) is 0.565. The van der Waals surface area contributed by atoms with Gasteiger partial charge in [0.05, 0.1) is 0 Å². The Morgan fingerprint density at radius 2 is 1.92 bits per heavy atom. The maximum absolute atomic E-state index is 11.4. The molecule has 0 radical (unpaired) electrons. The average Bonchev–Trinajstić information content (AvgIpc) is 2.30. The van der Waals surface area contributed by atoms with Crippen LogP contribution in [0.5, 0.6) is 0 Å². The lowest BCUT2D eigenvalue weighted by Crippen LogP contribution is -2.52. The first-order valence-electron chi connectivity index (χ1n) is 5.07. The van der Waals surface area contributed by atoms with Gasteiger partial charge in [0.2, 0.25) is 5.91 Å². The summed E-state index contributed by atoms with van der Waals surface area (Å²) >= 11 is 0. The first-order chi connectivity index (χ1) is 5.79. The zero-order chi connectivity index (χ0) is 10.3.